The topological polar surface area (TPSA) is 50.2 Å². The molecule has 0 spiro atoms. The van der Waals surface area contributed by atoms with Gasteiger partial charge in [-0.05, 0) is 61.8 Å². The van der Waals surface area contributed by atoms with E-state index in [0.717, 1.165) is 38.0 Å². The van der Waals surface area contributed by atoms with Gasteiger partial charge in [-0.25, -0.2) is 4.79 Å². The Kier molecular flexibility index (Phi) is 5.41. The van der Waals surface area contributed by atoms with E-state index < -0.39 is 0 Å². The Balaban J connectivity index is 1.44. The van der Waals surface area contributed by atoms with Crippen LogP contribution < -0.4 is 5.32 Å². The number of rotatable bonds is 4. The molecule has 0 bridgehead atoms. The lowest BCUT2D eigenvalue weighted by molar-refractivity contribution is 0.170. The van der Waals surface area contributed by atoms with Gasteiger partial charge in [0.2, 0.25) is 0 Å². The highest BCUT2D eigenvalue weighted by Crippen LogP contribution is 2.23. The Labute approximate surface area is 150 Å². The van der Waals surface area contributed by atoms with Crippen molar-refractivity contribution in [2.75, 3.05) is 13.1 Å². The Morgan fingerprint density at radius 2 is 1.96 bits per heavy atom. The van der Waals surface area contributed by atoms with Crippen molar-refractivity contribution >= 4 is 6.03 Å². The molecule has 5 nitrogen and oxygen atoms in total. The lowest BCUT2D eigenvalue weighted by atomic mass is 9.89. The smallest absolute Gasteiger partial charge is 0.317 e. The van der Waals surface area contributed by atoms with Crippen LogP contribution in [0, 0.1) is 19.8 Å². The maximum Gasteiger partial charge on any atom is 0.317 e. The van der Waals surface area contributed by atoms with Crippen LogP contribution in [0.15, 0.2) is 30.5 Å². The van der Waals surface area contributed by atoms with Crippen LogP contribution in [0.4, 0.5) is 4.79 Å². The third kappa shape index (κ3) is 4.62. The molecule has 1 fully saturated rings. The largest absolute Gasteiger partial charge is 0.332 e. The van der Waals surface area contributed by atoms with Crippen molar-refractivity contribution in [2.24, 2.45) is 13.0 Å². The maximum atomic E-state index is 12.3. The molecule has 134 valence electrons. The van der Waals surface area contributed by atoms with Crippen molar-refractivity contribution < 1.29 is 4.79 Å². The van der Waals surface area contributed by atoms with Gasteiger partial charge in [0.15, 0.2) is 0 Å². The minimum atomic E-state index is 0.0234. The standard InChI is InChI=1S/C20H28N4O/c1-15-4-5-18(12-16(15)2)13-17-6-10-24(11-7-17)20(25)21-14-19-8-9-23(3)22-19/h4-5,8-9,12,17H,6-7,10-11,13-14H2,1-3H3,(H,21,25). The fourth-order valence-corrected chi connectivity index (χ4v) is 3.44. The highest BCUT2D eigenvalue weighted by molar-refractivity contribution is 5.74. The number of urea groups is 1. The molecule has 1 aliphatic heterocycles. The predicted octanol–water partition coefficient (Wildman–Crippen LogP) is 3.20. The molecule has 3 rings (SSSR count). The summed E-state index contributed by atoms with van der Waals surface area (Å²) in [6.07, 6.45) is 5.15. The molecular formula is C20H28N4O. The van der Waals surface area contributed by atoms with Crippen molar-refractivity contribution in [1.82, 2.24) is 20.0 Å². The number of aryl methyl sites for hydroxylation is 3. The zero-order valence-electron chi connectivity index (χ0n) is 15.5. The van der Waals surface area contributed by atoms with Gasteiger partial charge in [0, 0.05) is 26.3 Å². The number of likely N-dealkylation sites (tertiary alicyclic amines) is 1. The zero-order chi connectivity index (χ0) is 17.8. The van der Waals surface area contributed by atoms with E-state index in [1.807, 2.05) is 24.2 Å². The minimum Gasteiger partial charge on any atom is -0.332 e. The molecule has 2 heterocycles. The van der Waals surface area contributed by atoms with E-state index in [1.165, 1.54) is 16.7 Å². The molecule has 0 aliphatic carbocycles. The molecule has 1 N–H and O–H groups in total. The SMILES string of the molecule is Cc1ccc(CC2CCN(C(=O)NCc3ccn(C)n3)CC2)cc1C. The Hall–Kier alpha value is -2.30. The number of nitrogens with zero attached hydrogens (tertiary/aromatic N) is 3. The van der Waals surface area contributed by atoms with Crippen molar-refractivity contribution in [3.63, 3.8) is 0 Å². The minimum absolute atomic E-state index is 0.0234. The van der Waals surface area contributed by atoms with Crippen LogP contribution in [0.25, 0.3) is 0 Å². The van der Waals surface area contributed by atoms with Gasteiger partial charge in [-0.15, -0.1) is 0 Å². The number of amides is 2. The van der Waals surface area contributed by atoms with Crippen LogP contribution in [0.2, 0.25) is 0 Å². The number of hydrogen-bond acceptors (Lipinski definition) is 2. The first kappa shape index (κ1) is 17.5. The first-order chi connectivity index (χ1) is 12.0. The molecule has 5 heteroatoms. The highest BCUT2D eigenvalue weighted by atomic mass is 16.2. The normalized spacial score (nSPS) is 15.4. The Bertz CT molecular complexity index is 729. The van der Waals surface area contributed by atoms with Gasteiger partial charge in [-0.2, -0.15) is 5.10 Å². The second kappa shape index (κ2) is 7.72. The second-order valence-corrected chi connectivity index (χ2v) is 7.19. The quantitative estimate of drug-likeness (QED) is 0.929. The molecular weight excluding hydrogens is 312 g/mol. The first-order valence-corrected chi connectivity index (χ1v) is 9.08. The molecule has 0 unspecified atom stereocenters. The van der Waals surface area contributed by atoms with Gasteiger partial charge in [0.1, 0.15) is 0 Å². The van der Waals surface area contributed by atoms with Gasteiger partial charge in [-0.1, -0.05) is 18.2 Å². The summed E-state index contributed by atoms with van der Waals surface area (Å²) in [5, 5.41) is 7.25. The van der Waals surface area contributed by atoms with E-state index >= 15 is 0 Å². The van der Waals surface area contributed by atoms with Gasteiger partial charge in [-0.3, -0.25) is 4.68 Å². The summed E-state index contributed by atoms with van der Waals surface area (Å²) in [6, 6.07) is 8.71. The Morgan fingerprint density at radius 1 is 1.20 bits per heavy atom. The summed E-state index contributed by atoms with van der Waals surface area (Å²) in [5.74, 6) is 0.668. The third-order valence-corrected chi connectivity index (χ3v) is 5.19. The van der Waals surface area contributed by atoms with Crippen LogP contribution in [0.5, 0.6) is 0 Å². The number of hydrogen-bond donors (Lipinski definition) is 1. The van der Waals surface area contributed by atoms with Gasteiger partial charge >= 0.3 is 6.03 Å². The average molecular weight is 340 g/mol. The molecule has 1 aromatic heterocycles. The van der Waals surface area contributed by atoms with Gasteiger partial charge in [0.25, 0.3) is 0 Å². The molecule has 1 saturated heterocycles. The van der Waals surface area contributed by atoms with E-state index in [4.69, 9.17) is 0 Å². The fraction of sp³-hybridized carbons (Fsp3) is 0.500. The van der Waals surface area contributed by atoms with E-state index in [-0.39, 0.29) is 6.03 Å². The molecule has 2 aromatic rings. The fourth-order valence-electron chi connectivity index (χ4n) is 3.44. The van der Waals surface area contributed by atoms with Crippen molar-refractivity contribution in [2.45, 2.75) is 39.7 Å². The number of aromatic nitrogens is 2. The van der Waals surface area contributed by atoms with E-state index in [0.29, 0.717) is 12.5 Å². The third-order valence-electron chi connectivity index (χ3n) is 5.19. The van der Waals surface area contributed by atoms with Gasteiger partial charge in [0.05, 0.1) is 12.2 Å². The summed E-state index contributed by atoms with van der Waals surface area (Å²) in [5.41, 5.74) is 5.02. The monoisotopic (exact) mass is 340 g/mol. The zero-order valence-corrected chi connectivity index (χ0v) is 15.5. The highest BCUT2D eigenvalue weighted by Gasteiger charge is 2.23. The summed E-state index contributed by atoms with van der Waals surface area (Å²) >= 11 is 0. The number of nitrogens with one attached hydrogen (secondary N) is 1. The maximum absolute atomic E-state index is 12.3. The summed E-state index contributed by atoms with van der Waals surface area (Å²) in [4.78, 5) is 14.2. The Morgan fingerprint density at radius 3 is 2.60 bits per heavy atom. The summed E-state index contributed by atoms with van der Waals surface area (Å²) in [7, 11) is 1.88. The van der Waals surface area contributed by atoms with Crippen LogP contribution >= 0.6 is 0 Å². The van der Waals surface area contributed by atoms with Crippen LogP contribution in [-0.2, 0) is 20.0 Å². The average Bonchev–Trinajstić information content (AvgIpc) is 3.02. The summed E-state index contributed by atoms with van der Waals surface area (Å²) < 4.78 is 1.75. The first-order valence-electron chi connectivity index (χ1n) is 9.08. The molecule has 0 saturated carbocycles. The molecule has 1 aliphatic rings. The number of piperidine rings is 1. The van der Waals surface area contributed by atoms with E-state index in [9.17, 15) is 4.79 Å². The van der Waals surface area contributed by atoms with Crippen LogP contribution in [0.1, 0.15) is 35.2 Å². The molecule has 0 radical (unpaired) electrons. The van der Waals surface area contributed by atoms with Crippen molar-refractivity contribution in [3.8, 4) is 0 Å². The molecule has 0 atom stereocenters. The van der Waals surface area contributed by atoms with Crippen LogP contribution in [0.3, 0.4) is 0 Å². The lowest BCUT2D eigenvalue weighted by Gasteiger charge is -2.32. The molecule has 2 amide bonds. The number of benzene rings is 1. The van der Waals surface area contributed by atoms with Gasteiger partial charge < -0.3 is 10.2 Å². The predicted molar refractivity (Wildman–Crippen MR) is 99.4 cm³/mol. The lowest BCUT2D eigenvalue weighted by Crippen LogP contribution is -2.44. The second-order valence-electron chi connectivity index (χ2n) is 7.19. The van der Waals surface area contributed by atoms with E-state index in [1.54, 1.807) is 4.68 Å². The number of carbonyl (C=O) groups is 1. The van der Waals surface area contributed by atoms with Crippen LogP contribution in [-0.4, -0.2) is 33.8 Å². The van der Waals surface area contributed by atoms with E-state index in [2.05, 4.69) is 42.5 Å². The number of carbonyl (C=O) groups excluding carboxylic acids is 1. The molecule has 25 heavy (non-hydrogen) atoms. The molecule has 1 aromatic carbocycles. The summed E-state index contributed by atoms with van der Waals surface area (Å²) in [6.45, 7) is 6.49. The van der Waals surface area contributed by atoms with Crippen molar-refractivity contribution in [3.05, 3.63) is 52.8 Å². The van der Waals surface area contributed by atoms with Crippen molar-refractivity contribution in [1.29, 1.82) is 0 Å².